The highest BCUT2D eigenvalue weighted by Crippen LogP contribution is 2.22. The number of carbonyl (C=O) groups excluding carboxylic acids is 1. The summed E-state index contributed by atoms with van der Waals surface area (Å²) in [7, 11) is 0. The quantitative estimate of drug-likeness (QED) is 0.760. The molecule has 0 unspecified atom stereocenters. The van der Waals surface area contributed by atoms with Crippen molar-refractivity contribution in [1.29, 1.82) is 0 Å². The molecule has 1 fully saturated rings. The Morgan fingerprint density at radius 1 is 1.04 bits per heavy atom. The van der Waals surface area contributed by atoms with Crippen molar-refractivity contribution in [1.82, 2.24) is 4.90 Å². The number of hydrogen-bond acceptors (Lipinski definition) is 1. The molecule has 2 heteroatoms. The molecule has 2 aromatic carbocycles. The summed E-state index contributed by atoms with van der Waals surface area (Å²) in [6, 6.07) is 18.9. The van der Waals surface area contributed by atoms with E-state index in [4.69, 9.17) is 0 Å². The van der Waals surface area contributed by atoms with Gasteiger partial charge >= 0.3 is 0 Å². The first-order chi connectivity index (χ1) is 11.7. The van der Waals surface area contributed by atoms with E-state index in [1.165, 1.54) is 11.1 Å². The third-order valence-electron chi connectivity index (χ3n) is 4.79. The van der Waals surface area contributed by atoms with E-state index in [0.717, 1.165) is 37.9 Å². The van der Waals surface area contributed by atoms with Gasteiger partial charge in [0.2, 0.25) is 5.91 Å². The Kier molecular flexibility index (Phi) is 5.47. The van der Waals surface area contributed by atoms with Crippen LogP contribution in [0.25, 0.3) is 6.08 Å². The molecule has 0 atom stereocenters. The fraction of sp³-hybridized carbons (Fsp3) is 0.318. The average Bonchev–Trinajstić information content (AvgIpc) is 2.62. The molecule has 2 aromatic rings. The minimum Gasteiger partial charge on any atom is -0.339 e. The van der Waals surface area contributed by atoms with Crippen molar-refractivity contribution in [3.63, 3.8) is 0 Å². The van der Waals surface area contributed by atoms with Crippen molar-refractivity contribution in [3.8, 4) is 0 Å². The van der Waals surface area contributed by atoms with Crippen LogP contribution in [0, 0.1) is 12.8 Å². The van der Waals surface area contributed by atoms with Crippen molar-refractivity contribution in [2.75, 3.05) is 13.1 Å². The zero-order valence-electron chi connectivity index (χ0n) is 14.3. The van der Waals surface area contributed by atoms with Gasteiger partial charge in [-0.15, -0.1) is 0 Å². The standard InChI is InChI=1S/C22H25NO/c1-18-7-9-19(10-8-18)11-12-22(24)23-15-13-21(14-16-23)17-20-5-3-2-4-6-20/h2-12,21H,13-17H2,1H3/b12-11+. The van der Waals surface area contributed by atoms with Crippen LogP contribution in [-0.2, 0) is 11.2 Å². The SMILES string of the molecule is Cc1ccc(/C=C/C(=O)N2CCC(Cc3ccccc3)CC2)cc1. The van der Waals surface area contributed by atoms with E-state index in [-0.39, 0.29) is 5.91 Å². The Balaban J connectivity index is 1.49. The molecule has 1 amide bonds. The molecule has 0 aromatic heterocycles. The van der Waals surface area contributed by atoms with Gasteiger partial charge in [0.1, 0.15) is 0 Å². The first-order valence-corrected chi connectivity index (χ1v) is 8.78. The summed E-state index contributed by atoms with van der Waals surface area (Å²) in [5.74, 6) is 0.825. The molecule has 0 aliphatic carbocycles. The smallest absolute Gasteiger partial charge is 0.246 e. The number of aryl methyl sites for hydroxylation is 1. The predicted octanol–water partition coefficient (Wildman–Crippen LogP) is 4.49. The molecule has 0 saturated carbocycles. The maximum Gasteiger partial charge on any atom is 0.246 e. The lowest BCUT2D eigenvalue weighted by molar-refractivity contribution is -0.127. The van der Waals surface area contributed by atoms with Crippen molar-refractivity contribution >= 4 is 12.0 Å². The second-order valence-electron chi connectivity index (χ2n) is 6.70. The van der Waals surface area contributed by atoms with Crippen LogP contribution in [0.3, 0.4) is 0 Å². The first kappa shape index (κ1) is 16.5. The fourth-order valence-electron chi connectivity index (χ4n) is 3.26. The molecule has 0 spiro atoms. The number of likely N-dealkylation sites (tertiary alicyclic amines) is 1. The monoisotopic (exact) mass is 319 g/mol. The second-order valence-corrected chi connectivity index (χ2v) is 6.70. The van der Waals surface area contributed by atoms with E-state index in [2.05, 4.69) is 49.4 Å². The molecular weight excluding hydrogens is 294 g/mol. The summed E-state index contributed by atoms with van der Waals surface area (Å²) in [6.07, 6.45) is 6.94. The van der Waals surface area contributed by atoms with Crippen molar-refractivity contribution < 1.29 is 4.79 Å². The molecule has 1 aliphatic heterocycles. The third kappa shape index (κ3) is 4.58. The van der Waals surface area contributed by atoms with Crippen molar-refractivity contribution in [3.05, 3.63) is 77.4 Å². The van der Waals surface area contributed by atoms with E-state index in [9.17, 15) is 4.79 Å². The van der Waals surface area contributed by atoms with E-state index < -0.39 is 0 Å². The topological polar surface area (TPSA) is 20.3 Å². The summed E-state index contributed by atoms with van der Waals surface area (Å²) >= 11 is 0. The van der Waals surface area contributed by atoms with Crippen molar-refractivity contribution in [2.24, 2.45) is 5.92 Å². The van der Waals surface area contributed by atoms with Gasteiger partial charge in [-0.25, -0.2) is 0 Å². The molecule has 24 heavy (non-hydrogen) atoms. The summed E-state index contributed by atoms with van der Waals surface area (Å²) in [5, 5.41) is 0. The molecular formula is C22H25NO. The Labute approximate surface area is 144 Å². The van der Waals surface area contributed by atoms with E-state index in [0.29, 0.717) is 5.92 Å². The highest BCUT2D eigenvalue weighted by Gasteiger charge is 2.21. The highest BCUT2D eigenvalue weighted by molar-refractivity contribution is 5.91. The summed E-state index contributed by atoms with van der Waals surface area (Å²) in [6.45, 7) is 3.81. The average molecular weight is 319 g/mol. The van der Waals surface area contributed by atoms with Crippen molar-refractivity contribution in [2.45, 2.75) is 26.2 Å². The number of benzene rings is 2. The van der Waals surface area contributed by atoms with Gasteiger partial charge in [-0.05, 0) is 49.3 Å². The molecule has 0 bridgehead atoms. The molecule has 2 nitrogen and oxygen atoms in total. The van der Waals surface area contributed by atoms with E-state index in [1.54, 1.807) is 6.08 Å². The minimum absolute atomic E-state index is 0.133. The zero-order valence-corrected chi connectivity index (χ0v) is 14.3. The predicted molar refractivity (Wildman–Crippen MR) is 99.7 cm³/mol. The van der Waals surface area contributed by atoms with Gasteiger partial charge in [0.15, 0.2) is 0 Å². The maximum atomic E-state index is 12.3. The summed E-state index contributed by atoms with van der Waals surface area (Å²) in [5.41, 5.74) is 3.72. The molecule has 124 valence electrons. The summed E-state index contributed by atoms with van der Waals surface area (Å²) in [4.78, 5) is 14.3. The number of nitrogens with zero attached hydrogens (tertiary/aromatic N) is 1. The number of hydrogen-bond donors (Lipinski definition) is 0. The minimum atomic E-state index is 0.133. The second kappa shape index (κ2) is 7.96. The lowest BCUT2D eigenvalue weighted by Crippen LogP contribution is -2.37. The lowest BCUT2D eigenvalue weighted by Gasteiger charge is -2.31. The van der Waals surface area contributed by atoms with E-state index >= 15 is 0 Å². The highest BCUT2D eigenvalue weighted by atomic mass is 16.2. The maximum absolute atomic E-state index is 12.3. The molecule has 0 N–H and O–H groups in total. The fourth-order valence-corrected chi connectivity index (χ4v) is 3.26. The zero-order chi connectivity index (χ0) is 16.8. The number of amides is 1. The number of piperidine rings is 1. The first-order valence-electron chi connectivity index (χ1n) is 8.78. The van der Waals surface area contributed by atoms with Gasteiger partial charge in [-0.1, -0.05) is 60.2 Å². The van der Waals surface area contributed by atoms with Gasteiger partial charge in [0.25, 0.3) is 0 Å². The Morgan fingerprint density at radius 3 is 2.38 bits per heavy atom. The van der Waals surface area contributed by atoms with Crippen LogP contribution in [0.4, 0.5) is 0 Å². The Morgan fingerprint density at radius 2 is 1.71 bits per heavy atom. The number of carbonyl (C=O) groups is 1. The molecule has 1 aliphatic rings. The largest absolute Gasteiger partial charge is 0.339 e. The van der Waals surface area contributed by atoms with Gasteiger partial charge in [0.05, 0.1) is 0 Å². The van der Waals surface area contributed by atoms with Gasteiger partial charge in [-0.3, -0.25) is 4.79 Å². The van der Waals surface area contributed by atoms with Crippen LogP contribution < -0.4 is 0 Å². The Bertz CT molecular complexity index is 680. The molecule has 1 heterocycles. The molecule has 0 radical (unpaired) electrons. The van der Waals surface area contributed by atoms with Crippen LogP contribution in [0.2, 0.25) is 0 Å². The molecule has 3 rings (SSSR count). The van der Waals surface area contributed by atoms with Crippen LogP contribution in [-0.4, -0.2) is 23.9 Å². The van der Waals surface area contributed by atoms with Crippen LogP contribution in [0.15, 0.2) is 60.7 Å². The van der Waals surface area contributed by atoms with E-state index in [1.807, 2.05) is 23.1 Å². The van der Waals surface area contributed by atoms with Gasteiger partial charge < -0.3 is 4.90 Å². The van der Waals surface area contributed by atoms with Gasteiger partial charge in [-0.2, -0.15) is 0 Å². The molecule has 1 saturated heterocycles. The van der Waals surface area contributed by atoms with Crippen LogP contribution >= 0.6 is 0 Å². The normalized spacial score (nSPS) is 15.8. The summed E-state index contributed by atoms with van der Waals surface area (Å²) < 4.78 is 0. The lowest BCUT2D eigenvalue weighted by atomic mass is 9.90. The third-order valence-corrected chi connectivity index (χ3v) is 4.79. The van der Waals surface area contributed by atoms with Crippen LogP contribution in [0.1, 0.15) is 29.5 Å². The van der Waals surface area contributed by atoms with Gasteiger partial charge in [0, 0.05) is 19.2 Å². The number of rotatable bonds is 4. The van der Waals surface area contributed by atoms with Crippen LogP contribution in [0.5, 0.6) is 0 Å². The Hall–Kier alpha value is -2.35.